The summed E-state index contributed by atoms with van der Waals surface area (Å²) in [4.78, 5) is 26.4. The van der Waals surface area contributed by atoms with E-state index in [-0.39, 0.29) is 18.4 Å². The normalized spacial score (nSPS) is 14.7. The molecule has 0 bridgehead atoms. The van der Waals surface area contributed by atoms with Crippen LogP contribution in [0.15, 0.2) is 34.9 Å². The first-order valence-electron chi connectivity index (χ1n) is 9.67. The standard InChI is InChI=1S/C21H27N3O4/c1-15-19(16(2)28-23-15)12-21(26)24-10-8-17(9-11-24)13-22-20(25)14-27-18-6-4-3-5-7-18/h3-7,17H,8-14H2,1-2H3,(H,22,25). The van der Waals surface area contributed by atoms with Crippen molar-refractivity contribution >= 4 is 11.8 Å². The third-order valence-electron chi connectivity index (χ3n) is 5.18. The molecule has 7 nitrogen and oxygen atoms in total. The lowest BCUT2D eigenvalue weighted by molar-refractivity contribution is -0.132. The maximum atomic E-state index is 12.5. The molecule has 2 amide bonds. The third-order valence-corrected chi connectivity index (χ3v) is 5.18. The zero-order valence-corrected chi connectivity index (χ0v) is 16.4. The summed E-state index contributed by atoms with van der Waals surface area (Å²) in [5.41, 5.74) is 1.67. The van der Waals surface area contributed by atoms with E-state index in [2.05, 4.69) is 10.5 Å². The third kappa shape index (κ3) is 5.34. The van der Waals surface area contributed by atoms with Crippen LogP contribution in [0.5, 0.6) is 5.75 Å². The molecule has 0 saturated carbocycles. The molecular weight excluding hydrogens is 358 g/mol. The summed E-state index contributed by atoms with van der Waals surface area (Å²) in [7, 11) is 0. The second-order valence-corrected chi connectivity index (χ2v) is 7.21. The van der Waals surface area contributed by atoms with E-state index in [1.807, 2.05) is 49.1 Å². The highest BCUT2D eigenvalue weighted by Gasteiger charge is 2.24. The average Bonchev–Trinajstić information content (AvgIpc) is 3.04. The summed E-state index contributed by atoms with van der Waals surface area (Å²) in [6.45, 7) is 5.74. The molecule has 1 aliphatic heterocycles. The SMILES string of the molecule is Cc1noc(C)c1CC(=O)N1CCC(CNC(=O)COc2ccccc2)CC1. The first-order valence-corrected chi connectivity index (χ1v) is 9.67. The molecule has 2 aromatic rings. The second-order valence-electron chi connectivity index (χ2n) is 7.21. The highest BCUT2D eigenvalue weighted by molar-refractivity contribution is 5.79. The Labute approximate surface area is 165 Å². The molecule has 150 valence electrons. The predicted molar refractivity (Wildman–Crippen MR) is 104 cm³/mol. The number of piperidine rings is 1. The van der Waals surface area contributed by atoms with Crippen molar-refractivity contribution in [3.05, 3.63) is 47.3 Å². The zero-order valence-electron chi connectivity index (χ0n) is 16.4. The van der Waals surface area contributed by atoms with Gasteiger partial charge >= 0.3 is 0 Å². The van der Waals surface area contributed by atoms with Crippen molar-refractivity contribution in [1.82, 2.24) is 15.4 Å². The predicted octanol–water partition coefficient (Wildman–Crippen LogP) is 2.27. The fraction of sp³-hybridized carbons (Fsp3) is 0.476. The molecule has 3 rings (SSSR count). The van der Waals surface area contributed by atoms with Crippen molar-refractivity contribution in [1.29, 1.82) is 0 Å². The smallest absolute Gasteiger partial charge is 0.257 e. The van der Waals surface area contributed by atoms with Gasteiger partial charge in [0.05, 0.1) is 12.1 Å². The second kappa shape index (κ2) is 9.39. The van der Waals surface area contributed by atoms with Crippen molar-refractivity contribution in [2.24, 2.45) is 5.92 Å². The van der Waals surface area contributed by atoms with Crippen LogP contribution in [0.1, 0.15) is 29.9 Å². The number of likely N-dealkylation sites (tertiary alicyclic amines) is 1. The number of carbonyl (C=O) groups excluding carboxylic acids is 2. The number of ether oxygens (including phenoxy) is 1. The van der Waals surface area contributed by atoms with Gasteiger partial charge in [-0.15, -0.1) is 0 Å². The van der Waals surface area contributed by atoms with E-state index in [1.165, 1.54) is 0 Å². The Morgan fingerprint density at radius 1 is 1.21 bits per heavy atom. The number of hydrogen-bond acceptors (Lipinski definition) is 5. The minimum atomic E-state index is -0.124. The van der Waals surface area contributed by atoms with Crippen molar-refractivity contribution in [2.75, 3.05) is 26.2 Å². The van der Waals surface area contributed by atoms with Crippen molar-refractivity contribution < 1.29 is 18.8 Å². The van der Waals surface area contributed by atoms with Crippen LogP contribution in [0.4, 0.5) is 0 Å². The van der Waals surface area contributed by atoms with Gasteiger partial charge in [0, 0.05) is 25.2 Å². The zero-order chi connectivity index (χ0) is 19.9. The molecule has 1 aliphatic rings. The molecule has 28 heavy (non-hydrogen) atoms. The van der Waals surface area contributed by atoms with Gasteiger partial charge in [0.25, 0.3) is 5.91 Å². The van der Waals surface area contributed by atoms with Gasteiger partial charge in [-0.1, -0.05) is 23.4 Å². The quantitative estimate of drug-likeness (QED) is 0.790. The topological polar surface area (TPSA) is 84.7 Å². The van der Waals surface area contributed by atoms with Crippen molar-refractivity contribution in [3.63, 3.8) is 0 Å². The van der Waals surface area contributed by atoms with Crippen LogP contribution in [0.3, 0.4) is 0 Å². The van der Waals surface area contributed by atoms with Crippen LogP contribution in [-0.2, 0) is 16.0 Å². The molecule has 1 aromatic carbocycles. The van der Waals surface area contributed by atoms with Gasteiger partial charge < -0.3 is 19.5 Å². The molecule has 0 atom stereocenters. The lowest BCUT2D eigenvalue weighted by Crippen LogP contribution is -2.42. The van der Waals surface area contributed by atoms with Crippen LogP contribution in [0.2, 0.25) is 0 Å². The van der Waals surface area contributed by atoms with Crippen LogP contribution in [0.25, 0.3) is 0 Å². The Morgan fingerprint density at radius 2 is 1.93 bits per heavy atom. The van der Waals surface area contributed by atoms with Gasteiger partial charge in [0.2, 0.25) is 5.91 Å². The number of hydrogen-bond donors (Lipinski definition) is 1. The largest absolute Gasteiger partial charge is 0.484 e. The number of para-hydroxylation sites is 1. The van der Waals surface area contributed by atoms with E-state index in [0.29, 0.717) is 43.5 Å². The summed E-state index contributed by atoms with van der Waals surface area (Å²) in [5.74, 6) is 1.75. The molecule has 1 N–H and O–H groups in total. The van der Waals surface area contributed by atoms with Crippen LogP contribution < -0.4 is 10.1 Å². The van der Waals surface area contributed by atoms with E-state index < -0.39 is 0 Å². The first kappa shape index (κ1) is 19.9. The molecule has 1 saturated heterocycles. The van der Waals surface area contributed by atoms with Crippen molar-refractivity contribution in [2.45, 2.75) is 33.1 Å². The minimum absolute atomic E-state index is 0.0127. The number of amides is 2. The Morgan fingerprint density at radius 3 is 2.57 bits per heavy atom. The van der Waals surface area contributed by atoms with E-state index in [0.717, 1.165) is 24.1 Å². The number of nitrogens with one attached hydrogen (secondary N) is 1. The highest BCUT2D eigenvalue weighted by Crippen LogP contribution is 2.19. The minimum Gasteiger partial charge on any atom is -0.484 e. The molecule has 0 aliphatic carbocycles. The summed E-state index contributed by atoms with van der Waals surface area (Å²) >= 11 is 0. The monoisotopic (exact) mass is 385 g/mol. The van der Waals surface area contributed by atoms with Gasteiger partial charge in [0.15, 0.2) is 6.61 Å². The van der Waals surface area contributed by atoms with Crippen LogP contribution >= 0.6 is 0 Å². The van der Waals surface area contributed by atoms with Gasteiger partial charge in [-0.25, -0.2) is 0 Å². The number of rotatable bonds is 7. The van der Waals surface area contributed by atoms with Gasteiger partial charge in [-0.3, -0.25) is 9.59 Å². The van der Waals surface area contributed by atoms with Gasteiger partial charge in [0.1, 0.15) is 11.5 Å². The average molecular weight is 385 g/mol. The molecule has 1 aromatic heterocycles. The Balaban J connectivity index is 1.36. The van der Waals surface area contributed by atoms with E-state index in [4.69, 9.17) is 9.26 Å². The maximum Gasteiger partial charge on any atom is 0.257 e. The fourth-order valence-corrected chi connectivity index (χ4v) is 3.38. The van der Waals surface area contributed by atoms with Crippen molar-refractivity contribution in [3.8, 4) is 5.75 Å². The highest BCUT2D eigenvalue weighted by atomic mass is 16.5. The molecule has 0 radical (unpaired) electrons. The van der Waals surface area contributed by atoms with E-state index >= 15 is 0 Å². The van der Waals surface area contributed by atoms with Gasteiger partial charge in [-0.05, 0) is 44.7 Å². The molecule has 0 spiro atoms. The number of aryl methyl sites for hydroxylation is 2. The molecule has 2 heterocycles. The maximum absolute atomic E-state index is 12.5. The Kier molecular flexibility index (Phi) is 6.68. The first-order chi connectivity index (χ1) is 13.5. The number of nitrogens with zero attached hydrogens (tertiary/aromatic N) is 2. The van der Waals surface area contributed by atoms with E-state index in [9.17, 15) is 9.59 Å². The lowest BCUT2D eigenvalue weighted by atomic mass is 9.96. The van der Waals surface area contributed by atoms with Crippen LogP contribution in [0, 0.1) is 19.8 Å². The summed E-state index contributed by atoms with van der Waals surface area (Å²) in [6, 6.07) is 9.28. The van der Waals surface area contributed by atoms with Crippen LogP contribution in [-0.4, -0.2) is 48.1 Å². The number of carbonyl (C=O) groups is 2. The fourth-order valence-electron chi connectivity index (χ4n) is 3.38. The summed E-state index contributed by atoms with van der Waals surface area (Å²) < 4.78 is 10.6. The number of benzene rings is 1. The molecule has 0 unspecified atom stereocenters. The summed E-state index contributed by atoms with van der Waals surface area (Å²) in [6.07, 6.45) is 2.10. The molecular formula is C21H27N3O4. The lowest BCUT2D eigenvalue weighted by Gasteiger charge is -2.32. The van der Waals surface area contributed by atoms with E-state index in [1.54, 1.807) is 0 Å². The van der Waals surface area contributed by atoms with Gasteiger partial charge in [-0.2, -0.15) is 0 Å². The Hall–Kier alpha value is -2.83. The summed E-state index contributed by atoms with van der Waals surface area (Å²) in [5, 5.41) is 6.84. The molecule has 7 heteroatoms. The Bertz CT molecular complexity index is 776. The number of aromatic nitrogens is 1. The molecule has 1 fully saturated rings.